The molecule has 2 heterocycles. The second-order valence-electron chi connectivity index (χ2n) is 3.12. The highest BCUT2D eigenvalue weighted by Gasteiger charge is 2.01. The Morgan fingerprint density at radius 3 is 2.93 bits per heavy atom. The maximum Gasteiger partial charge on any atom is 0.124 e. The van der Waals surface area contributed by atoms with Gasteiger partial charge in [0.2, 0.25) is 0 Å². The number of hydrogen-bond acceptors (Lipinski definition) is 3. The zero-order valence-electron chi connectivity index (χ0n) is 8.00. The molecule has 4 nitrogen and oxygen atoms in total. The van der Waals surface area contributed by atoms with E-state index in [1.807, 2.05) is 24.5 Å². The van der Waals surface area contributed by atoms with Crippen molar-refractivity contribution in [2.24, 2.45) is 5.73 Å². The highest BCUT2D eigenvalue weighted by Crippen LogP contribution is 2.01. The van der Waals surface area contributed by atoms with Gasteiger partial charge >= 0.3 is 0 Å². The van der Waals surface area contributed by atoms with Gasteiger partial charge in [0, 0.05) is 18.6 Å². The normalized spacial score (nSPS) is 10.1. The first-order valence-corrected chi connectivity index (χ1v) is 4.89. The van der Waals surface area contributed by atoms with Crippen molar-refractivity contribution in [1.29, 1.82) is 0 Å². The van der Waals surface area contributed by atoms with Crippen molar-refractivity contribution in [3.8, 4) is 0 Å². The highest BCUT2D eigenvalue weighted by atomic mass is 32.1. The van der Waals surface area contributed by atoms with Crippen LogP contribution in [0.2, 0.25) is 0 Å². The predicted molar refractivity (Wildman–Crippen MR) is 61.5 cm³/mol. The molecular weight excluding hydrogens is 208 g/mol. The zero-order chi connectivity index (χ0) is 10.7. The molecule has 0 radical (unpaired) electrons. The Kier molecular flexibility index (Phi) is 2.73. The van der Waals surface area contributed by atoms with Crippen LogP contribution in [0.5, 0.6) is 0 Å². The zero-order valence-corrected chi connectivity index (χ0v) is 8.81. The van der Waals surface area contributed by atoms with Crippen molar-refractivity contribution in [2.45, 2.75) is 6.54 Å². The molecule has 2 aromatic rings. The van der Waals surface area contributed by atoms with Gasteiger partial charge in [0.05, 0.1) is 6.54 Å². The second-order valence-corrected chi connectivity index (χ2v) is 3.56. The third-order valence-corrected chi connectivity index (χ3v) is 2.17. The van der Waals surface area contributed by atoms with E-state index in [9.17, 15) is 0 Å². The van der Waals surface area contributed by atoms with E-state index < -0.39 is 0 Å². The largest absolute Gasteiger partial charge is 0.388 e. The third-order valence-electron chi connectivity index (χ3n) is 1.96. The lowest BCUT2D eigenvalue weighted by Crippen LogP contribution is -2.11. The SMILES string of the molecule is NC(=S)c1ccn(Cc2cccnc2)n1. The molecule has 0 aliphatic rings. The van der Waals surface area contributed by atoms with Crippen LogP contribution < -0.4 is 5.73 Å². The molecule has 0 amide bonds. The highest BCUT2D eigenvalue weighted by molar-refractivity contribution is 7.80. The molecule has 0 aliphatic heterocycles. The minimum atomic E-state index is 0.319. The van der Waals surface area contributed by atoms with E-state index in [1.54, 1.807) is 16.9 Å². The minimum absolute atomic E-state index is 0.319. The molecule has 0 spiro atoms. The fourth-order valence-corrected chi connectivity index (χ4v) is 1.37. The van der Waals surface area contributed by atoms with E-state index in [4.69, 9.17) is 18.0 Å². The lowest BCUT2D eigenvalue weighted by Gasteiger charge is -2.00. The Balaban J connectivity index is 2.15. The molecule has 0 aliphatic carbocycles. The number of nitrogens with two attached hydrogens (primary N) is 1. The summed E-state index contributed by atoms with van der Waals surface area (Å²) in [6, 6.07) is 5.70. The molecule has 2 rings (SSSR count). The van der Waals surface area contributed by atoms with Gasteiger partial charge in [-0.1, -0.05) is 18.3 Å². The maximum atomic E-state index is 5.46. The number of aromatic nitrogens is 3. The van der Waals surface area contributed by atoms with Crippen LogP contribution in [0.1, 0.15) is 11.3 Å². The molecule has 5 heteroatoms. The van der Waals surface area contributed by atoms with E-state index in [0.717, 1.165) is 5.56 Å². The van der Waals surface area contributed by atoms with Crippen LogP contribution in [0, 0.1) is 0 Å². The smallest absolute Gasteiger partial charge is 0.124 e. The Hall–Kier alpha value is -1.75. The van der Waals surface area contributed by atoms with Crippen molar-refractivity contribution in [1.82, 2.24) is 14.8 Å². The summed E-state index contributed by atoms with van der Waals surface area (Å²) in [7, 11) is 0. The molecular formula is C10H10N4S. The molecule has 2 aromatic heterocycles. The van der Waals surface area contributed by atoms with Crippen molar-refractivity contribution in [2.75, 3.05) is 0 Å². The number of thiocarbonyl (C=S) groups is 1. The van der Waals surface area contributed by atoms with E-state index in [2.05, 4.69) is 10.1 Å². The van der Waals surface area contributed by atoms with Crippen molar-refractivity contribution < 1.29 is 0 Å². The van der Waals surface area contributed by atoms with Gasteiger partial charge in [0.25, 0.3) is 0 Å². The lowest BCUT2D eigenvalue weighted by molar-refractivity contribution is 0.683. The number of hydrogen-bond donors (Lipinski definition) is 1. The minimum Gasteiger partial charge on any atom is -0.388 e. The van der Waals surface area contributed by atoms with Gasteiger partial charge in [0.1, 0.15) is 10.7 Å². The first kappa shape index (κ1) is 9.79. The average Bonchev–Trinajstić information content (AvgIpc) is 2.68. The topological polar surface area (TPSA) is 56.7 Å². The Labute approximate surface area is 92.7 Å². The van der Waals surface area contributed by atoms with Gasteiger partial charge in [0.15, 0.2) is 0 Å². The van der Waals surface area contributed by atoms with Gasteiger partial charge < -0.3 is 5.73 Å². The summed E-state index contributed by atoms with van der Waals surface area (Å²) in [5.41, 5.74) is 7.20. The molecule has 76 valence electrons. The molecule has 0 fully saturated rings. The van der Waals surface area contributed by atoms with E-state index in [0.29, 0.717) is 17.2 Å². The Bertz CT molecular complexity index is 463. The quantitative estimate of drug-likeness (QED) is 0.780. The summed E-state index contributed by atoms with van der Waals surface area (Å²) in [6.07, 6.45) is 5.40. The van der Waals surface area contributed by atoms with Crippen LogP contribution in [0.15, 0.2) is 36.8 Å². The molecule has 0 bridgehead atoms. The molecule has 0 saturated heterocycles. The standard InChI is InChI=1S/C10H10N4S/c11-10(15)9-3-5-14(13-9)7-8-2-1-4-12-6-8/h1-6H,7H2,(H2,11,15). The van der Waals surface area contributed by atoms with E-state index >= 15 is 0 Å². The second kappa shape index (κ2) is 4.18. The predicted octanol–water partition coefficient (Wildman–Crippen LogP) is 0.961. The summed E-state index contributed by atoms with van der Waals surface area (Å²) >= 11 is 4.83. The summed E-state index contributed by atoms with van der Waals surface area (Å²) < 4.78 is 1.78. The third kappa shape index (κ3) is 2.38. The number of rotatable bonds is 3. The van der Waals surface area contributed by atoms with Crippen LogP contribution in [0.3, 0.4) is 0 Å². The summed E-state index contributed by atoms with van der Waals surface area (Å²) in [5.74, 6) is 0. The molecule has 0 atom stereocenters. The van der Waals surface area contributed by atoms with Gasteiger partial charge in [-0.25, -0.2) is 0 Å². The van der Waals surface area contributed by atoms with Crippen LogP contribution in [-0.4, -0.2) is 19.8 Å². The Morgan fingerprint density at radius 2 is 2.33 bits per heavy atom. The lowest BCUT2D eigenvalue weighted by atomic mass is 10.3. The van der Waals surface area contributed by atoms with Crippen LogP contribution >= 0.6 is 12.2 Å². The van der Waals surface area contributed by atoms with Crippen molar-refractivity contribution in [3.05, 3.63) is 48.0 Å². The van der Waals surface area contributed by atoms with Crippen LogP contribution in [-0.2, 0) is 6.54 Å². The average molecular weight is 218 g/mol. The monoisotopic (exact) mass is 218 g/mol. The Morgan fingerprint density at radius 1 is 1.47 bits per heavy atom. The first-order chi connectivity index (χ1) is 7.25. The molecule has 0 aromatic carbocycles. The number of pyridine rings is 1. The summed E-state index contributed by atoms with van der Waals surface area (Å²) in [4.78, 5) is 4.35. The van der Waals surface area contributed by atoms with Gasteiger partial charge in [-0.15, -0.1) is 0 Å². The summed E-state index contributed by atoms with van der Waals surface area (Å²) in [6.45, 7) is 0.677. The fourth-order valence-electron chi connectivity index (χ4n) is 1.26. The summed E-state index contributed by atoms with van der Waals surface area (Å²) in [5, 5.41) is 4.23. The number of nitrogens with zero attached hydrogens (tertiary/aromatic N) is 3. The van der Waals surface area contributed by atoms with Crippen molar-refractivity contribution in [3.63, 3.8) is 0 Å². The maximum absolute atomic E-state index is 5.46. The van der Waals surface area contributed by atoms with E-state index in [-0.39, 0.29) is 0 Å². The fraction of sp³-hybridized carbons (Fsp3) is 0.100. The van der Waals surface area contributed by atoms with Gasteiger partial charge in [-0.3, -0.25) is 9.67 Å². The molecule has 0 unspecified atom stereocenters. The van der Waals surface area contributed by atoms with Crippen LogP contribution in [0.25, 0.3) is 0 Å². The molecule has 0 saturated carbocycles. The van der Waals surface area contributed by atoms with Crippen LogP contribution in [0.4, 0.5) is 0 Å². The van der Waals surface area contributed by atoms with Gasteiger partial charge in [-0.2, -0.15) is 5.10 Å². The first-order valence-electron chi connectivity index (χ1n) is 4.48. The van der Waals surface area contributed by atoms with Crippen molar-refractivity contribution >= 4 is 17.2 Å². The van der Waals surface area contributed by atoms with E-state index in [1.165, 1.54) is 0 Å². The molecule has 15 heavy (non-hydrogen) atoms. The van der Waals surface area contributed by atoms with Gasteiger partial charge in [-0.05, 0) is 17.7 Å². The molecule has 2 N–H and O–H groups in total.